The van der Waals surface area contributed by atoms with Crippen LogP contribution in [0.2, 0.25) is 5.02 Å². The third-order valence-electron chi connectivity index (χ3n) is 4.72. The Labute approximate surface area is 187 Å². The van der Waals surface area contributed by atoms with Crippen molar-refractivity contribution in [1.82, 2.24) is 9.78 Å². The van der Waals surface area contributed by atoms with Gasteiger partial charge in [-0.2, -0.15) is 18.3 Å². The summed E-state index contributed by atoms with van der Waals surface area (Å²) >= 11 is 5.94. The van der Waals surface area contributed by atoms with E-state index in [0.29, 0.717) is 21.9 Å². The van der Waals surface area contributed by atoms with Crippen LogP contribution in [0.15, 0.2) is 53.5 Å². The maximum absolute atomic E-state index is 13.7. The second-order valence-electron chi connectivity index (χ2n) is 7.20. The molecule has 0 aliphatic carbocycles. The first-order valence-corrected chi connectivity index (χ1v) is 10.1. The lowest BCUT2D eigenvalue weighted by atomic mass is 9.95. The quantitative estimate of drug-likeness (QED) is 0.466. The van der Waals surface area contributed by atoms with Gasteiger partial charge in [-0.1, -0.05) is 35.9 Å². The molecule has 1 atom stereocenters. The summed E-state index contributed by atoms with van der Waals surface area (Å²) in [5.74, 6) is -2.43. The van der Waals surface area contributed by atoms with E-state index < -0.39 is 23.6 Å². The fourth-order valence-electron chi connectivity index (χ4n) is 3.31. The summed E-state index contributed by atoms with van der Waals surface area (Å²) in [6, 6.07) is 8.93. The van der Waals surface area contributed by atoms with Gasteiger partial charge in [0.25, 0.3) is 5.56 Å². The topological polar surface area (TPSA) is 61.2 Å². The second kappa shape index (κ2) is 9.56. The molecule has 0 aliphatic rings. The van der Waals surface area contributed by atoms with Gasteiger partial charge in [0.2, 0.25) is 0 Å². The molecule has 0 saturated carbocycles. The first-order valence-electron chi connectivity index (χ1n) is 9.76. The van der Waals surface area contributed by atoms with Crippen LogP contribution in [0.5, 0.6) is 0 Å². The molecule has 3 aromatic rings. The number of carbonyl (C=O) groups is 1. The van der Waals surface area contributed by atoms with Crippen LogP contribution >= 0.6 is 11.6 Å². The molecular formula is C23H20ClF3N2O3. The lowest BCUT2D eigenvalue weighted by molar-refractivity contribution is -0.144. The number of hydrogen-bond acceptors (Lipinski definition) is 4. The number of ether oxygens (including phenoxy) is 1. The molecule has 0 N–H and O–H groups in total. The smallest absolute Gasteiger partial charge is 0.399 e. The van der Waals surface area contributed by atoms with E-state index in [1.54, 1.807) is 26.0 Å². The van der Waals surface area contributed by atoms with E-state index in [4.69, 9.17) is 16.3 Å². The van der Waals surface area contributed by atoms with E-state index in [0.717, 1.165) is 10.8 Å². The number of fused-ring (bicyclic) bond motifs is 1. The van der Waals surface area contributed by atoms with Crippen LogP contribution in [-0.2, 0) is 16.1 Å². The van der Waals surface area contributed by atoms with Crippen LogP contribution in [0.4, 0.5) is 13.2 Å². The molecule has 0 radical (unpaired) electrons. The van der Waals surface area contributed by atoms with Crippen molar-refractivity contribution in [2.75, 3.05) is 6.61 Å². The van der Waals surface area contributed by atoms with Gasteiger partial charge in [0, 0.05) is 10.4 Å². The number of hydrogen-bond donors (Lipinski definition) is 0. The van der Waals surface area contributed by atoms with Crippen LogP contribution in [0.25, 0.3) is 16.8 Å². The summed E-state index contributed by atoms with van der Waals surface area (Å²) in [7, 11) is 0. The van der Waals surface area contributed by atoms with Crippen LogP contribution < -0.4 is 5.56 Å². The third kappa shape index (κ3) is 5.56. The number of alkyl halides is 3. The standard InChI is InChI=1S/C23H20ClF3N2O3/c1-3-32-21(30)13-29-22(31)19-6-4-15(10-17(19)12-28-29)5-7-20(23(25,26)27)16-8-14(2)9-18(24)11-16/h4-12,20H,3,13H2,1-2H3/b7-5+. The number of allylic oxidation sites excluding steroid dienone is 1. The average molecular weight is 465 g/mol. The first kappa shape index (κ1) is 23.5. The van der Waals surface area contributed by atoms with E-state index in [1.807, 2.05) is 0 Å². The summed E-state index contributed by atoms with van der Waals surface area (Å²) < 4.78 is 46.9. The lowest BCUT2D eigenvalue weighted by Crippen LogP contribution is -2.27. The van der Waals surface area contributed by atoms with Crippen LogP contribution in [0.3, 0.4) is 0 Å². The highest BCUT2D eigenvalue weighted by molar-refractivity contribution is 6.30. The average Bonchev–Trinajstić information content (AvgIpc) is 2.69. The Morgan fingerprint density at radius 3 is 2.66 bits per heavy atom. The van der Waals surface area contributed by atoms with Gasteiger partial charge in [-0.3, -0.25) is 9.59 Å². The summed E-state index contributed by atoms with van der Waals surface area (Å²) in [4.78, 5) is 24.2. The predicted octanol–water partition coefficient (Wildman–Crippen LogP) is 5.28. The maximum Gasteiger partial charge on any atom is 0.399 e. The minimum Gasteiger partial charge on any atom is -0.465 e. The molecule has 1 aromatic heterocycles. The van der Waals surface area contributed by atoms with E-state index in [1.165, 1.54) is 36.5 Å². The first-order chi connectivity index (χ1) is 15.1. The minimum atomic E-state index is -4.51. The van der Waals surface area contributed by atoms with Crippen molar-refractivity contribution < 1.29 is 22.7 Å². The normalized spacial score (nSPS) is 12.9. The van der Waals surface area contributed by atoms with Crippen molar-refractivity contribution in [2.45, 2.75) is 32.5 Å². The van der Waals surface area contributed by atoms with E-state index in [2.05, 4.69) is 5.10 Å². The molecule has 2 aromatic carbocycles. The summed E-state index contributed by atoms with van der Waals surface area (Å²) in [5.41, 5.74) is 0.651. The number of esters is 1. The summed E-state index contributed by atoms with van der Waals surface area (Å²) in [6.45, 7) is 3.19. The zero-order valence-corrected chi connectivity index (χ0v) is 18.1. The number of carbonyl (C=O) groups excluding carboxylic acids is 1. The molecule has 1 unspecified atom stereocenters. The van der Waals surface area contributed by atoms with Crippen molar-refractivity contribution in [3.8, 4) is 0 Å². The molecule has 0 fully saturated rings. The number of halogens is 4. The van der Waals surface area contributed by atoms with Crippen LogP contribution in [0, 0.1) is 6.92 Å². The molecule has 1 heterocycles. The number of aryl methyl sites for hydroxylation is 1. The molecule has 32 heavy (non-hydrogen) atoms. The van der Waals surface area contributed by atoms with Crippen LogP contribution in [0.1, 0.15) is 29.5 Å². The lowest BCUT2D eigenvalue weighted by Gasteiger charge is -2.18. The summed E-state index contributed by atoms with van der Waals surface area (Å²) in [5, 5.41) is 4.93. The Balaban J connectivity index is 1.93. The molecule has 0 spiro atoms. The van der Waals surface area contributed by atoms with E-state index in [-0.39, 0.29) is 23.7 Å². The highest BCUT2D eigenvalue weighted by Gasteiger charge is 2.39. The zero-order valence-electron chi connectivity index (χ0n) is 17.3. The Bertz CT molecular complexity index is 1220. The number of aromatic nitrogens is 2. The SMILES string of the molecule is CCOC(=O)Cn1ncc2cc(/C=C/C(c3cc(C)cc(Cl)c3)C(F)(F)F)ccc2c1=O. The molecule has 0 amide bonds. The van der Waals surface area contributed by atoms with Crippen molar-refractivity contribution in [1.29, 1.82) is 0 Å². The van der Waals surface area contributed by atoms with Crippen LogP contribution in [-0.4, -0.2) is 28.5 Å². The molecule has 0 aliphatic heterocycles. The van der Waals surface area contributed by atoms with Crippen molar-refractivity contribution in [2.24, 2.45) is 0 Å². The number of nitrogens with zero attached hydrogens (tertiary/aromatic N) is 2. The van der Waals surface area contributed by atoms with Gasteiger partial charge in [0.15, 0.2) is 0 Å². The van der Waals surface area contributed by atoms with Crippen molar-refractivity contribution in [3.63, 3.8) is 0 Å². The maximum atomic E-state index is 13.7. The van der Waals surface area contributed by atoms with E-state index >= 15 is 0 Å². The van der Waals surface area contributed by atoms with Gasteiger partial charge in [0.1, 0.15) is 6.54 Å². The van der Waals surface area contributed by atoms with Gasteiger partial charge >= 0.3 is 12.1 Å². The fourth-order valence-corrected chi connectivity index (χ4v) is 3.61. The molecule has 0 saturated heterocycles. The molecular weight excluding hydrogens is 445 g/mol. The highest BCUT2D eigenvalue weighted by atomic mass is 35.5. The van der Waals surface area contributed by atoms with Gasteiger partial charge in [-0.15, -0.1) is 0 Å². The van der Waals surface area contributed by atoms with Gasteiger partial charge < -0.3 is 4.74 Å². The molecule has 5 nitrogen and oxygen atoms in total. The third-order valence-corrected chi connectivity index (χ3v) is 4.94. The van der Waals surface area contributed by atoms with Gasteiger partial charge in [-0.25, -0.2) is 4.68 Å². The number of benzene rings is 2. The number of rotatable bonds is 6. The van der Waals surface area contributed by atoms with Gasteiger partial charge in [0.05, 0.1) is 24.1 Å². The van der Waals surface area contributed by atoms with Crippen molar-refractivity contribution in [3.05, 3.63) is 80.7 Å². The molecule has 0 bridgehead atoms. The van der Waals surface area contributed by atoms with Gasteiger partial charge in [-0.05, 0) is 54.8 Å². The fraction of sp³-hybridized carbons (Fsp3) is 0.261. The molecule has 3 rings (SSSR count). The second-order valence-corrected chi connectivity index (χ2v) is 7.64. The predicted molar refractivity (Wildman–Crippen MR) is 117 cm³/mol. The zero-order chi connectivity index (χ0) is 23.5. The minimum absolute atomic E-state index is 0.0445. The molecule has 168 valence electrons. The Hall–Kier alpha value is -3.13. The largest absolute Gasteiger partial charge is 0.465 e. The monoisotopic (exact) mass is 464 g/mol. The van der Waals surface area contributed by atoms with E-state index in [9.17, 15) is 22.8 Å². The highest BCUT2D eigenvalue weighted by Crippen LogP contribution is 2.37. The summed E-state index contributed by atoms with van der Waals surface area (Å²) in [6.07, 6.45) is -0.721. The Morgan fingerprint density at radius 1 is 1.25 bits per heavy atom. The molecule has 9 heteroatoms. The Kier molecular flexibility index (Phi) is 7.03. The van der Waals surface area contributed by atoms with Crippen molar-refractivity contribution >= 4 is 34.4 Å². The Morgan fingerprint density at radius 2 is 2.00 bits per heavy atom.